The zero-order valence-corrected chi connectivity index (χ0v) is 20.4. The van der Waals surface area contributed by atoms with E-state index >= 15 is 0 Å². The first-order valence-corrected chi connectivity index (χ1v) is 13.1. The maximum Gasteiger partial charge on any atom is 0.374 e. The zero-order chi connectivity index (χ0) is 26.5. The third-order valence-electron chi connectivity index (χ3n) is 6.19. The smallest absolute Gasteiger partial charge is 0.374 e. The van der Waals surface area contributed by atoms with E-state index in [9.17, 15) is 27.6 Å². The Bertz CT molecular complexity index is 1140. The molecule has 1 unspecified atom stereocenters. The maximum atomic E-state index is 13.0. The lowest BCUT2D eigenvalue weighted by atomic mass is 10.1. The lowest BCUT2D eigenvalue weighted by Crippen LogP contribution is -2.60. The highest BCUT2D eigenvalue weighted by atomic mass is 32.2. The van der Waals surface area contributed by atoms with Crippen molar-refractivity contribution in [1.29, 1.82) is 0 Å². The number of sulfonamides is 1. The average Bonchev–Trinajstić information content (AvgIpc) is 3.25. The highest BCUT2D eigenvalue weighted by Crippen LogP contribution is 2.30. The molecule has 3 atom stereocenters. The van der Waals surface area contributed by atoms with Crippen molar-refractivity contribution in [2.45, 2.75) is 49.6 Å². The molecule has 196 valence electrons. The molecule has 2 fully saturated rings. The number of nitrogens with one attached hydrogen (secondary N) is 1. The summed E-state index contributed by atoms with van der Waals surface area (Å²) in [5, 5.41) is 11.6. The fraction of sp³-hybridized carbons (Fsp3) is 0.500. The van der Waals surface area contributed by atoms with Gasteiger partial charge in [0, 0.05) is 19.1 Å². The number of carbonyl (C=O) groups is 4. The molecule has 2 aliphatic heterocycles. The number of Topliss-reactive ketones (excluding diaryl/α,β-unsaturated/α-hetero) is 1. The minimum Gasteiger partial charge on any atom is -0.475 e. The van der Waals surface area contributed by atoms with Gasteiger partial charge in [0.2, 0.25) is 21.8 Å². The molecule has 0 saturated carbocycles. The average molecular weight is 523 g/mol. The minimum atomic E-state index is -3.76. The molecule has 0 spiro atoms. The number of aliphatic imine (C=N–C) groups is 1. The molecule has 6 N–H and O–H groups in total. The van der Waals surface area contributed by atoms with Crippen LogP contribution in [0.1, 0.15) is 31.2 Å². The number of ketones is 1. The number of amides is 2. The number of piperazine rings is 1. The third kappa shape index (κ3) is 6.57. The molecule has 2 amide bonds. The third-order valence-corrected chi connectivity index (χ3v) is 7.96. The van der Waals surface area contributed by atoms with Gasteiger partial charge in [-0.3, -0.25) is 19.4 Å². The molecule has 0 aromatic heterocycles. The van der Waals surface area contributed by atoms with Gasteiger partial charge >= 0.3 is 5.97 Å². The second kappa shape index (κ2) is 11.5. The van der Waals surface area contributed by atoms with E-state index in [0.717, 1.165) is 4.31 Å². The molecule has 2 saturated heterocycles. The van der Waals surface area contributed by atoms with Crippen LogP contribution < -0.4 is 16.8 Å². The molecule has 0 bridgehead atoms. The van der Waals surface area contributed by atoms with Crippen molar-refractivity contribution in [3.63, 3.8) is 0 Å². The molecule has 1 aromatic rings. The van der Waals surface area contributed by atoms with Crippen LogP contribution in [0.25, 0.3) is 0 Å². The highest BCUT2D eigenvalue weighted by Gasteiger charge is 2.47. The summed E-state index contributed by atoms with van der Waals surface area (Å²) in [5.74, 6) is -4.45. The standard InChI is InChI=1S/C22H30N6O7S/c23-22(24)25-10-4-7-16(19(30)21(32)33)26-20(31)17-9-8-15-11-27(12-18(29)28(15)17)36(34,35)13-14-5-2-1-3-6-14/h1-3,5-6,15-17H,4,7-13H2,(H,26,31)(H,32,33)(H4,23,24,25)/t15-,16?,17-/m0/s1. The van der Waals surface area contributed by atoms with Gasteiger partial charge in [-0.2, -0.15) is 4.31 Å². The van der Waals surface area contributed by atoms with E-state index in [-0.39, 0.29) is 44.1 Å². The van der Waals surface area contributed by atoms with Crippen LogP contribution in [0.3, 0.4) is 0 Å². The van der Waals surface area contributed by atoms with E-state index < -0.39 is 58.3 Å². The second-order valence-electron chi connectivity index (χ2n) is 8.76. The van der Waals surface area contributed by atoms with E-state index in [4.69, 9.17) is 16.6 Å². The predicted molar refractivity (Wildman–Crippen MR) is 129 cm³/mol. The molecule has 2 aliphatic rings. The van der Waals surface area contributed by atoms with Crippen LogP contribution in [-0.4, -0.2) is 90.0 Å². The minimum absolute atomic E-state index is 0.0107. The van der Waals surface area contributed by atoms with Crippen LogP contribution in [0.4, 0.5) is 0 Å². The molecule has 13 nitrogen and oxygen atoms in total. The number of benzene rings is 1. The molecule has 36 heavy (non-hydrogen) atoms. The molecular formula is C22H30N6O7S. The van der Waals surface area contributed by atoms with Gasteiger partial charge in [0.1, 0.15) is 6.04 Å². The van der Waals surface area contributed by atoms with Crippen molar-refractivity contribution in [3.8, 4) is 0 Å². The Morgan fingerprint density at radius 1 is 1.17 bits per heavy atom. The Hall–Kier alpha value is -3.52. The Morgan fingerprint density at radius 2 is 1.86 bits per heavy atom. The monoisotopic (exact) mass is 522 g/mol. The summed E-state index contributed by atoms with van der Waals surface area (Å²) in [6.07, 6.45) is 0.884. The Balaban J connectivity index is 1.65. The second-order valence-corrected chi connectivity index (χ2v) is 10.7. The molecule has 14 heteroatoms. The van der Waals surface area contributed by atoms with E-state index in [1.807, 2.05) is 0 Å². The molecule has 3 rings (SSSR count). The number of hydrogen-bond acceptors (Lipinski definition) is 7. The maximum absolute atomic E-state index is 13.0. The van der Waals surface area contributed by atoms with Crippen molar-refractivity contribution in [1.82, 2.24) is 14.5 Å². The number of rotatable bonds is 11. The molecule has 1 aromatic carbocycles. The molecule has 2 heterocycles. The number of hydrogen-bond donors (Lipinski definition) is 4. The van der Waals surface area contributed by atoms with Crippen molar-refractivity contribution >= 4 is 39.5 Å². The SMILES string of the molecule is NC(N)=NCCCC(NC(=O)[C@@H]1CC[C@H]2CN(S(=O)(=O)Cc3ccccc3)CC(=O)N21)C(=O)C(=O)O. The Kier molecular flexibility index (Phi) is 8.63. The van der Waals surface area contributed by atoms with Gasteiger partial charge in [-0.15, -0.1) is 0 Å². The van der Waals surface area contributed by atoms with Crippen LogP contribution in [0.15, 0.2) is 35.3 Å². The lowest BCUT2D eigenvalue weighted by Gasteiger charge is -2.38. The highest BCUT2D eigenvalue weighted by molar-refractivity contribution is 7.88. The first kappa shape index (κ1) is 27.1. The number of carboxylic acid groups (broad SMARTS) is 1. The molecule has 0 radical (unpaired) electrons. The normalized spacial score (nSPS) is 20.9. The largest absolute Gasteiger partial charge is 0.475 e. The Morgan fingerprint density at radius 3 is 2.50 bits per heavy atom. The predicted octanol–water partition coefficient (Wildman–Crippen LogP) is -1.62. The van der Waals surface area contributed by atoms with Crippen molar-refractivity contribution in [2.24, 2.45) is 16.5 Å². The van der Waals surface area contributed by atoms with Crippen molar-refractivity contribution < 1.29 is 32.7 Å². The molecule has 0 aliphatic carbocycles. The van der Waals surface area contributed by atoms with Crippen LogP contribution in [-0.2, 0) is 35.0 Å². The topological polar surface area (TPSA) is 206 Å². The zero-order valence-electron chi connectivity index (χ0n) is 19.6. The van der Waals surface area contributed by atoms with Gasteiger partial charge < -0.3 is 26.8 Å². The van der Waals surface area contributed by atoms with Crippen LogP contribution >= 0.6 is 0 Å². The number of nitrogens with zero attached hydrogens (tertiary/aromatic N) is 3. The van der Waals surface area contributed by atoms with Gasteiger partial charge in [-0.05, 0) is 31.2 Å². The molecular weight excluding hydrogens is 492 g/mol. The van der Waals surface area contributed by atoms with Gasteiger partial charge in [0.25, 0.3) is 5.78 Å². The lowest BCUT2D eigenvalue weighted by molar-refractivity contribution is -0.151. The van der Waals surface area contributed by atoms with E-state index in [2.05, 4.69) is 10.3 Å². The van der Waals surface area contributed by atoms with Gasteiger partial charge in [-0.25, -0.2) is 13.2 Å². The first-order valence-electron chi connectivity index (χ1n) is 11.5. The number of carbonyl (C=O) groups excluding carboxylic acids is 3. The van der Waals surface area contributed by atoms with Gasteiger partial charge in [0.05, 0.1) is 18.3 Å². The number of aliphatic carboxylic acids is 1. The summed E-state index contributed by atoms with van der Waals surface area (Å²) in [6, 6.07) is 5.89. The number of carboxylic acids is 1. The fourth-order valence-electron chi connectivity index (χ4n) is 4.51. The van der Waals surface area contributed by atoms with E-state index in [0.29, 0.717) is 12.0 Å². The quantitative estimate of drug-likeness (QED) is 0.114. The van der Waals surface area contributed by atoms with Crippen molar-refractivity contribution in [2.75, 3.05) is 19.6 Å². The van der Waals surface area contributed by atoms with Crippen LogP contribution in [0, 0.1) is 0 Å². The summed E-state index contributed by atoms with van der Waals surface area (Å²) >= 11 is 0. The van der Waals surface area contributed by atoms with E-state index in [1.54, 1.807) is 30.3 Å². The van der Waals surface area contributed by atoms with Crippen LogP contribution in [0.2, 0.25) is 0 Å². The first-order chi connectivity index (χ1) is 17.0. The fourth-order valence-corrected chi connectivity index (χ4v) is 6.01. The van der Waals surface area contributed by atoms with Gasteiger partial charge in [-0.1, -0.05) is 30.3 Å². The number of guanidine groups is 1. The Labute approximate surface area is 208 Å². The summed E-state index contributed by atoms with van der Waals surface area (Å²) in [4.78, 5) is 54.4. The number of nitrogens with two attached hydrogens (primary N) is 2. The number of fused-ring (bicyclic) bond motifs is 1. The summed E-state index contributed by atoms with van der Waals surface area (Å²) in [6.45, 7) is -0.197. The van der Waals surface area contributed by atoms with Crippen LogP contribution in [0.5, 0.6) is 0 Å². The van der Waals surface area contributed by atoms with E-state index in [1.165, 1.54) is 4.90 Å². The summed E-state index contributed by atoms with van der Waals surface area (Å²) in [7, 11) is -3.76. The summed E-state index contributed by atoms with van der Waals surface area (Å²) < 4.78 is 27.0. The summed E-state index contributed by atoms with van der Waals surface area (Å²) in [5.41, 5.74) is 11.1. The van der Waals surface area contributed by atoms with Gasteiger partial charge in [0.15, 0.2) is 5.96 Å². The van der Waals surface area contributed by atoms with Crippen molar-refractivity contribution in [3.05, 3.63) is 35.9 Å².